The van der Waals surface area contributed by atoms with Gasteiger partial charge in [-0.2, -0.15) is 23.5 Å². The highest BCUT2D eigenvalue weighted by molar-refractivity contribution is 7.92. The average Bonchev–Trinajstić information content (AvgIpc) is 2.77. The van der Waals surface area contributed by atoms with Gasteiger partial charge < -0.3 is 0 Å². The van der Waals surface area contributed by atoms with E-state index < -0.39 is 21.8 Å². The lowest BCUT2D eigenvalue weighted by molar-refractivity contribution is -0.137. The van der Waals surface area contributed by atoms with Crippen molar-refractivity contribution in [2.75, 3.05) is 11.0 Å². The molecule has 0 atom stereocenters. The molecule has 128 valence electrons. The van der Waals surface area contributed by atoms with Crippen LogP contribution in [-0.4, -0.2) is 24.5 Å². The van der Waals surface area contributed by atoms with Crippen LogP contribution in [-0.2, 0) is 16.2 Å². The van der Waals surface area contributed by atoms with Crippen LogP contribution in [0, 0.1) is 11.3 Å². The standard InChI is InChI=1S/C12H7Cl2F3N4O2S/c1-24(22,23)20-10-5-21(19-9(10)4-18)11-7(13)2-6(3-8(11)14)12(15,16)17/h2-3,5,20H,1H3. The lowest BCUT2D eigenvalue weighted by atomic mass is 10.2. The van der Waals surface area contributed by atoms with Crippen LogP contribution < -0.4 is 4.72 Å². The second-order valence-corrected chi connectivity index (χ2v) is 7.17. The van der Waals surface area contributed by atoms with Crippen molar-refractivity contribution in [2.24, 2.45) is 0 Å². The Morgan fingerprint density at radius 1 is 1.29 bits per heavy atom. The summed E-state index contributed by atoms with van der Waals surface area (Å²) in [5.74, 6) is 0. The van der Waals surface area contributed by atoms with Gasteiger partial charge in [0.1, 0.15) is 17.4 Å². The van der Waals surface area contributed by atoms with E-state index in [1.54, 1.807) is 6.07 Å². The van der Waals surface area contributed by atoms with E-state index in [-0.39, 0.29) is 27.1 Å². The third-order valence-corrected chi connectivity index (χ3v) is 3.86. The zero-order chi connectivity index (χ0) is 18.3. The summed E-state index contributed by atoms with van der Waals surface area (Å²) >= 11 is 11.7. The maximum absolute atomic E-state index is 12.7. The molecule has 1 aromatic heterocycles. The molecule has 0 saturated carbocycles. The number of benzene rings is 1. The number of hydrogen-bond acceptors (Lipinski definition) is 4. The molecule has 0 radical (unpaired) electrons. The number of anilines is 1. The molecule has 0 spiro atoms. The number of nitrogens with zero attached hydrogens (tertiary/aromatic N) is 3. The van der Waals surface area contributed by atoms with Crippen molar-refractivity contribution in [1.82, 2.24) is 9.78 Å². The molecule has 1 heterocycles. The van der Waals surface area contributed by atoms with Crippen LogP contribution in [0.3, 0.4) is 0 Å². The van der Waals surface area contributed by atoms with Crippen LogP contribution in [0.5, 0.6) is 0 Å². The predicted molar refractivity (Wildman–Crippen MR) is 81.8 cm³/mol. The van der Waals surface area contributed by atoms with Crippen molar-refractivity contribution in [2.45, 2.75) is 6.18 Å². The quantitative estimate of drug-likeness (QED) is 0.857. The molecular formula is C12H7Cl2F3N4O2S. The van der Waals surface area contributed by atoms with Gasteiger partial charge >= 0.3 is 6.18 Å². The summed E-state index contributed by atoms with van der Waals surface area (Å²) in [4.78, 5) is 0. The number of rotatable bonds is 3. The molecule has 0 aliphatic heterocycles. The van der Waals surface area contributed by atoms with Crippen molar-refractivity contribution >= 4 is 38.9 Å². The maximum Gasteiger partial charge on any atom is 0.416 e. The molecule has 2 rings (SSSR count). The Morgan fingerprint density at radius 2 is 1.83 bits per heavy atom. The Labute approximate surface area is 144 Å². The third-order valence-electron chi connectivity index (χ3n) is 2.69. The fraction of sp³-hybridized carbons (Fsp3) is 0.167. The zero-order valence-corrected chi connectivity index (χ0v) is 14.0. The second-order valence-electron chi connectivity index (χ2n) is 4.61. The van der Waals surface area contributed by atoms with Gasteiger partial charge in [0, 0.05) is 0 Å². The van der Waals surface area contributed by atoms with Crippen LogP contribution in [0.1, 0.15) is 11.3 Å². The topological polar surface area (TPSA) is 87.8 Å². The number of nitriles is 1. The van der Waals surface area contributed by atoms with E-state index in [4.69, 9.17) is 28.5 Å². The normalized spacial score (nSPS) is 12.0. The molecule has 2 aromatic rings. The molecule has 0 aliphatic rings. The first-order valence-corrected chi connectivity index (χ1v) is 8.61. The fourth-order valence-corrected chi connectivity index (χ4v) is 3.00. The molecule has 1 N–H and O–H groups in total. The van der Waals surface area contributed by atoms with Gasteiger partial charge in [0.05, 0.1) is 28.1 Å². The summed E-state index contributed by atoms with van der Waals surface area (Å²) in [6, 6.07) is 2.96. The van der Waals surface area contributed by atoms with E-state index in [2.05, 4.69) is 9.82 Å². The minimum atomic E-state index is -4.64. The van der Waals surface area contributed by atoms with Crippen LogP contribution >= 0.6 is 23.2 Å². The van der Waals surface area contributed by atoms with Crippen molar-refractivity contribution in [3.8, 4) is 11.8 Å². The van der Waals surface area contributed by atoms with Crippen molar-refractivity contribution in [1.29, 1.82) is 5.26 Å². The largest absolute Gasteiger partial charge is 0.416 e. The van der Waals surface area contributed by atoms with Crippen LogP contribution in [0.15, 0.2) is 18.3 Å². The summed E-state index contributed by atoms with van der Waals surface area (Å²) in [6.07, 6.45) is -2.69. The highest BCUT2D eigenvalue weighted by atomic mass is 35.5. The number of sulfonamides is 1. The number of hydrogen-bond donors (Lipinski definition) is 1. The van der Waals surface area contributed by atoms with Gasteiger partial charge in [-0.3, -0.25) is 4.72 Å². The minimum absolute atomic E-state index is 0.121. The second kappa shape index (κ2) is 6.16. The minimum Gasteiger partial charge on any atom is -0.279 e. The lowest BCUT2D eigenvalue weighted by Crippen LogP contribution is -2.09. The van der Waals surface area contributed by atoms with Crippen LogP contribution in [0.4, 0.5) is 18.9 Å². The maximum atomic E-state index is 12.7. The van der Waals surface area contributed by atoms with Crippen molar-refractivity contribution < 1.29 is 21.6 Å². The molecule has 12 heteroatoms. The fourth-order valence-electron chi connectivity index (χ4n) is 1.79. The van der Waals surface area contributed by atoms with Crippen molar-refractivity contribution in [3.63, 3.8) is 0 Å². The van der Waals surface area contributed by atoms with E-state index in [9.17, 15) is 21.6 Å². The Morgan fingerprint density at radius 3 is 2.25 bits per heavy atom. The van der Waals surface area contributed by atoms with Gasteiger partial charge in [-0.1, -0.05) is 23.2 Å². The lowest BCUT2D eigenvalue weighted by Gasteiger charge is -2.12. The van der Waals surface area contributed by atoms with Gasteiger partial charge in [-0.25, -0.2) is 13.1 Å². The molecule has 0 saturated heterocycles. The number of alkyl halides is 3. The first kappa shape index (κ1) is 18.4. The Hall–Kier alpha value is -1.96. The monoisotopic (exact) mass is 398 g/mol. The van der Waals surface area contributed by atoms with E-state index in [0.717, 1.165) is 17.1 Å². The summed E-state index contributed by atoms with van der Waals surface area (Å²) in [5.41, 5.74) is -1.63. The van der Waals surface area contributed by atoms with Crippen LogP contribution in [0.2, 0.25) is 10.0 Å². The Bertz CT molecular complexity index is 925. The third kappa shape index (κ3) is 3.92. The molecular weight excluding hydrogens is 392 g/mol. The summed E-state index contributed by atoms with van der Waals surface area (Å²) < 4.78 is 63.7. The first-order valence-electron chi connectivity index (χ1n) is 5.96. The smallest absolute Gasteiger partial charge is 0.279 e. The van der Waals surface area contributed by atoms with E-state index in [1.807, 2.05) is 0 Å². The molecule has 1 aromatic carbocycles. The molecule has 0 fully saturated rings. The average molecular weight is 399 g/mol. The van der Waals surface area contributed by atoms with Gasteiger partial charge in [0.15, 0.2) is 5.69 Å². The van der Waals surface area contributed by atoms with E-state index in [0.29, 0.717) is 12.1 Å². The number of halogens is 5. The highest BCUT2D eigenvalue weighted by Crippen LogP contribution is 2.37. The number of aromatic nitrogens is 2. The molecule has 0 bridgehead atoms. The summed E-state index contributed by atoms with van der Waals surface area (Å²) in [5, 5.41) is 12.0. The first-order chi connectivity index (χ1) is 10.9. The Balaban J connectivity index is 2.60. The highest BCUT2D eigenvalue weighted by Gasteiger charge is 2.32. The molecule has 6 nitrogen and oxygen atoms in total. The predicted octanol–water partition coefficient (Wildman–Crippen LogP) is 3.44. The van der Waals surface area contributed by atoms with Crippen molar-refractivity contribution in [3.05, 3.63) is 39.6 Å². The summed E-state index contributed by atoms with van der Waals surface area (Å²) in [7, 11) is -3.69. The van der Waals surface area contributed by atoms with Crippen LogP contribution in [0.25, 0.3) is 5.69 Å². The summed E-state index contributed by atoms with van der Waals surface area (Å²) in [6.45, 7) is 0. The Kier molecular flexibility index (Phi) is 4.72. The van der Waals surface area contributed by atoms with Gasteiger partial charge in [-0.15, -0.1) is 0 Å². The SMILES string of the molecule is CS(=O)(=O)Nc1cn(-c2c(Cl)cc(C(F)(F)F)cc2Cl)nc1C#N. The van der Waals surface area contributed by atoms with Gasteiger partial charge in [0.25, 0.3) is 0 Å². The number of nitrogens with one attached hydrogen (secondary N) is 1. The molecule has 0 unspecified atom stereocenters. The van der Waals surface area contributed by atoms with Gasteiger partial charge in [-0.05, 0) is 12.1 Å². The van der Waals surface area contributed by atoms with E-state index in [1.165, 1.54) is 0 Å². The molecule has 0 amide bonds. The van der Waals surface area contributed by atoms with Gasteiger partial charge in [0.2, 0.25) is 10.0 Å². The zero-order valence-electron chi connectivity index (χ0n) is 11.7. The molecule has 24 heavy (non-hydrogen) atoms. The van der Waals surface area contributed by atoms with E-state index >= 15 is 0 Å². The molecule has 0 aliphatic carbocycles.